The van der Waals surface area contributed by atoms with Crippen LogP contribution in [0.4, 0.5) is 0 Å². The molecule has 2 N–H and O–H groups in total. The Morgan fingerprint density at radius 3 is 1.96 bits per heavy atom. The van der Waals surface area contributed by atoms with Crippen LogP contribution in [0.25, 0.3) is 0 Å². The predicted octanol–water partition coefficient (Wildman–Crippen LogP) is 2.20. The Kier molecular flexibility index (Phi) is 7.79. The van der Waals surface area contributed by atoms with Crippen molar-refractivity contribution in [3.63, 3.8) is 0 Å². The van der Waals surface area contributed by atoms with Crippen LogP contribution in [-0.2, 0) is 9.47 Å². The first kappa shape index (κ1) is 19.6. The molecule has 0 unspecified atom stereocenters. The lowest BCUT2D eigenvalue weighted by Gasteiger charge is -2.20. The molecule has 0 spiro atoms. The van der Waals surface area contributed by atoms with E-state index in [0.29, 0.717) is 11.1 Å². The third-order valence-corrected chi connectivity index (χ3v) is 3.69. The molecule has 0 heterocycles. The highest BCUT2D eigenvalue weighted by molar-refractivity contribution is 5.89. The molecule has 0 aliphatic carbocycles. The van der Waals surface area contributed by atoms with E-state index in [4.69, 9.17) is 14.6 Å². The SMILES string of the molecule is O=C(OC[C@H](O)C[C@@H](CCO)OC(=O)c1ccccc1)c1ccccc1. The van der Waals surface area contributed by atoms with Crippen LogP contribution in [0.2, 0.25) is 0 Å². The van der Waals surface area contributed by atoms with Gasteiger partial charge >= 0.3 is 11.9 Å². The Bertz CT molecular complexity index is 686. The molecule has 2 atom stereocenters. The van der Waals surface area contributed by atoms with E-state index < -0.39 is 24.1 Å². The normalized spacial score (nSPS) is 12.8. The number of carbonyl (C=O) groups is 2. The molecule has 2 aromatic carbocycles. The maximum Gasteiger partial charge on any atom is 0.338 e. The first-order chi connectivity index (χ1) is 12.6. The maximum atomic E-state index is 12.1. The Morgan fingerprint density at radius 2 is 1.42 bits per heavy atom. The second kappa shape index (κ2) is 10.3. The minimum Gasteiger partial charge on any atom is -0.459 e. The molecule has 0 fully saturated rings. The number of hydrogen-bond acceptors (Lipinski definition) is 6. The molecule has 2 aromatic rings. The maximum absolute atomic E-state index is 12.1. The largest absolute Gasteiger partial charge is 0.459 e. The van der Waals surface area contributed by atoms with Crippen molar-refractivity contribution < 1.29 is 29.3 Å². The van der Waals surface area contributed by atoms with Gasteiger partial charge in [0.25, 0.3) is 0 Å². The molecular formula is C20H22O6. The number of aliphatic hydroxyl groups is 2. The lowest BCUT2D eigenvalue weighted by atomic mass is 10.1. The summed E-state index contributed by atoms with van der Waals surface area (Å²) in [6.07, 6.45) is -1.45. The Hall–Kier alpha value is -2.70. The summed E-state index contributed by atoms with van der Waals surface area (Å²) in [5, 5.41) is 19.2. The highest BCUT2D eigenvalue weighted by Crippen LogP contribution is 2.12. The summed E-state index contributed by atoms with van der Waals surface area (Å²) < 4.78 is 10.4. The van der Waals surface area contributed by atoms with Gasteiger partial charge in [-0.15, -0.1) is 0 Å². The van der Waals surface area contributed by atoms with Crippen LogP contribution in [0.15, 0.2) is 60.7 Å². The average molecular weight is 358 g/mol. The standard InChI is InChI=1S/C20H22O6/c21-12-11-18(26-20(24)16-9-5-2-6-10-16)13-17(22)14-25-19(23)15-7-3-1-4-8-15/h1-10,17-18,21-22H,11-14H2/t17-,18-/m1/s1. The molecule has 26 heavy (non-hydrogen) atoms. The van der Waals surface area contributed by atoms with Gasteiger partial charge in [0, 0.05) is 19.4 Å². The van der Waals surface area contributed by atoms with Crippen molar-refractivity contribution in [1.82, 2.24) is 0 Å². The summed E-state index contributed by atoms with van der Waals surface area (Å²) in [6, 6.07) is 16.9. The highest BCUT2D eigenvalue weighted by atomic mass is 16.6. The second-order valence-electron chi connectivity index (χ2n) is 5.76. The van der Waals surface area contributed by atoms with Crippen molar-refractivity contribution in [2.75, 3.05) is 13.2 Å². The van der Waals surface area contributed by atoms with Crippen LogP contribution in [0.1, 0.15) is 33.6 Å². The fourth-order valence-corrected chi connectivity index (χ4v) is 2.36. The van der Waals surface area contributed by atoms with Crippen molar-refractivity contribution in [3.05, 3.63) is 71.8 Å². The van der Waals surface area contributed by atoms with Gasteiger partial charge in [-0.05, 0) is 24.3 Å². The number of ether oxygens (including phenoxy) is 2. The van der Waals surface area contributed by atoms with Crippen molar-refractivity contribution >= 4 is 11.9 Å². The molecule has 0 bridgehead atoms. The molecule has 6 heteroatoms. The van der Waals surface area contributed by atoms with Crippen LogP contribution >= 0.6 is 0 Å². The zero-order valence-electron chi connectivity index (χ0n) is 14.3. The zero-order valence-corrected chi connectivity index (χ0v) is 14.3. The number of hydrogen-bond donors (Lipinski definition) is 2. The minimum atomic E-state index is -1.01. The van der Waals surface area contributed by atoms with Gasteiger partial charge in [0.15, 0.2) is 0 Å². The molecule has 0 radical (unpaired) electrons. The van der Waals surface area contributed by atoms with E-state index >= 15 is 0 Å². The van der Waals surface area contributed by atoms with E-state index in [0.717, 1.165) is 0 Å². The molecular weight excluding hydrogens is 336 g/mol. The van der Waals surface area contributed by atoms with E-state index in [1.165, 1.54) is 0 Å². The Labute approximate surface area is 152 Å². The first-order valence-electron chi connectivity index (χ1n) is 8.37. The third-order valence-electron chi connectivity index (χ3n) is 3.69. The van der Waals surface area contributed by atoms with Crippen LogP contribution in [0.3, 0.4) is 0 Å². The van der Waals surface area contributed by atoms with Crippen molar-refractivity contribution in [3.8, 4) is 0 Å². The lowest BCUT2D eigenvalue weighted by Crippen LogP contribution is -2.28. The average Bonchev–Trinajstić information content (AvgIpc) is 2.67. The summed E-state index contributed by atoms with van der Waals surface area (Å²) in [4.78, 5) is 24.0. The first-order valence-corrected chi connectivity index (χ1v) is 8.37. The van der Waals surface area contributed by atoms with E-state index in [1.807, 2.05) is 0 Å². The van der Waals surface area contributed by atoms with Gasteiger partial charge in [-0.25, -0.2) is 9.59 Å². The highest BCUT2D eigenvalue weighted by Gasteiger charge is 2.20. The zero-order chi connectivity index (χ0) is 18.8. The number of aliphatic hydroxyl groups excluding tert-OH is 2. The summed E-state index contributed by atoms with van der Waals surface area (Å²) >= 11 is 0. The topological polar surface area (TPSA) is 93.1 Å². The molecule has 2 rings (SSSR count). The van der Waals surface area contributed by atoms with Gasteiger partial charge in [-0.3, -0.25) is 0 Å². The second-order valence-corrected chi connectivity index (χ2v) is 5.76. The van der Waals surface area contributed by atoms with Crippen molar-refractivity contribution in [1.29, 1.82) is 0 Å². The Morgan fingerprint density at radius 1 is 0.885 bits per heavy atom. The van der Waals surface area contributed by atoms with Crippen LogP contribution in [0, 0.1) is 0 Å². The van der Waals surface area contributed by atoms with E-state index in [2.05, 4.69) is 0 Å². The van der Waals surface area contributed by atoms with E-state index in [9.17, 15) is 14.7 Å². The third kappa shape index (κ3) is 6.31. The summed E-state index contributed by atoms with van der Waals surface area (Å²) in [6.45, 7) is -0.415. The molecule has 0 saturated carbocycles. The van der Waals surface area contributed by atoms with Gasteiger partial charge in [-0.2, -0.15) is 0 Å². The number of benzene rings is 2. The van der Waals surface area contributed by atoms with Crippen molar-refractivity contribution in [2.24, 2.45) is 0 Å². The van der Waals surface area contributed by atoms with Crippen LogP contribution < -0.4 is 0 Å². The van der Waals surface area contributed by atoms with Crippen LogP contribution in [0.5, 0.6) is 0 Å². The predicted molar refractivity (Wildman–Crippen MR) is 94.7 cm³/mol. The molecule has 138 valence electrons. The Balaban J connectivity index is 1.84. The number of esters is 2. The summed E-state index contributed by atoms with van der Waals surface area (Å²) in [7, 11) is 0. The lowest BCUT2D eigenvalue weighted by molar-refractivity contribution is -0.0107. The fraction of sp³-hybridized carbons (Fsp3) is 0.300. The summed E-state index contributed by atoms with van der Waals surface area (Å²) in [5.74, 6) is -1.07. The van der Waals surface area contributed by atoms with Gasteiger partial charge in [0.05, 0.1) is 17.2 Å². The molecule has 0 aliphatic rings. The molecule has 6 nitrogen and oxygen atoms in total. The molecule has 0 saturated heterocycles. The van der Waals surface area contributed by atoms with Gasteiger partial charge < -0.3 is 19.7 Å². The van der Waals surface area contributed by atoms with Gasteiger partial charge in [0.1, 0.15) is 12.7 Å². The summed E-state index contributed by atoms with van der Waals surface area (Å²) in [5.41, 5.74) is 0.780. The van der Waals surface area contributed by atoms with Crippen molar-refractivity contribution in [2.45, 2.75) is 25.0 Å². The van der Waals surface area contributed by atoms with E-state index in [1.54, 1.807) is 60.7 Å². The quantitative estimate of drug-likeness (QED) is 0.668. The number of carbonyl (C=O) groups excluding carboxylic acids is 2. The molecule has 0 aromatic heterocycles. The van der Waals surface area contributed by atoms with Gasteiger partial charge in [0.2, 0.25) is 0 Å². The smallest absolute Gasteiger partial charge is 0.338 e. The minimum absolute atomic E-state index is 0.0567. The monoisotopic (exact) mass is 358 g/mol. The number of rotatable bonds is 9. The van der Waals surface area contributed by atoms with Gasteiger partial charge in [-0.1, -0.05) is 36.4 Å². The molecule has 0 aliphatic heterocycles. The molecule has 0 amide bonds. The fourth-order valence-electron chi connectivity index (χ4n) is 2.36. The van der Waals surface area contributed by atoms with Crippen LogP contribution in [-0.4, -0.2) is 47.6 Å². The van der Waals surface area contributed by atoms with E-state index in [-0.39, 0.29) is 26.1 Å².